The Morgan fingerprint density at radius 3 is 2.60 bits per heavy atom. The number of hydrogen-bond acceptors (Lipinski definition) is 6. The minimum absolute atomic E-state index is 0.0234. The molecular weight excluding hydrogens is 440 g/mol. The number of anilines is 1. The lowest BCUT2D eigenvalue weighted by Crippen LogP contribution is -2.36. The Kier molecular flexibility index (Phi) is 5.88. The number of aromatic nitrogens is 4. The highest BCUT2D eigenvalue weighted by molar-refractivity contribution is 5.90. The fourth-order valence-corrected chi connectivity index (χ4v) is 4.41. The minimum atomic E-state index is -0.520. The lowest BCUT2D eigenvalue weighted by Gasteiger charge is -2.24. The van der Waals surface area contributed by atoms with Crippen LogP contribution < -0.4 is 5.32 Å². The SMILES string of the molecule is C[C@@H]1CN(C(=O)OC(C)(C)C)C[C@H]1Nc1nccc(-c2c(-c3ccccc3)nn3ccccc23)n1. The molecule has 0 radical (unpaired) electrons. The van der Waals surface area contributed by atoms with Gasteiger partial charge in [0, 0.05) is 31.0 Å². The third-order valence-electron chi connectivity index (χ3n) is 6.08. The van der Waals surface area contributed by atoms with E-state index < -0.39 is 5.60 Å². The van der Waals surface area contributed by atoms with Crippen LogP contribution >= 0.6 is 0 Å². The van der Waals surface area contributed by atoms with Gasteiger partial charge in [-0.3, -0.25) is 0 Å². The largest absolute Gasteiger partial charge is 0.444 e. The van der Waals surface area contributed by atoms with Gasteiger partial charge in [0.1, 0.15) is 11.3 Å². The van der Waals surface area contributed by atoms with Crippen molar-refractivity contribution in [2.75, 3.05) is 18.4 Å². The van der Waals surface area contributed by atoms with E-state index in [0.717, 1.165) is 28.0 Å². The topological polar surface area (TPSA) is 84.6 Å². The van der Waals surface area contributed by atoms with Crippen LogP contribution in [0, 0.1) is 5.92 Å². The molecule has 1 N–H and O–H groups in total. The number of fused-ring (bicyclic) bond motifs is 1. The molecule has 4 heterocycles. The van der Waals surface area contributed by atoms with Gasteiger partial charge >= 0.3 is 6.09 Å². The number of hydrogen-bond donors (Lipinski definition) is 1. The Hall–Kier alpha value is -3.94. The monoisotopic (exact) mass is 470 g/mol. The molecule has 4 aromatic rings. The zero-order valence-electron chi connectivity index (χ0n) is 20.5. The maximum atomic E-state index is 12.5. The standard InChI is InChI=1S/C27H30N6O2/c1-18-16-32(26(34)35-27(2,3)4)17-21(18)30-25-28-14-13-20(29-25)23-22-12-8-9-15-33(22)31-24(23)19-10-6-5-7-11-19/h5-15,18,21H,16-17H2,1-4H3,(H,28,29,30)/t18-,21-/m1/s1. The van der Waals surface area contributed by atoms with E-state index in [-0.39, 0.29) is 18.1 Å². The van der Waals surface area contributed by atoms with Crippen molar-refractivity contribution >= 4 is 17.6 Å². The van der Waals surface area contributed by atoms with E-state index in [9.17, 15) is 4.79 Å². The highest BCUT2D eigenvalue weighted by Crippen LogP contribution is 2.34. The number of nitrogens with one attached hydrogen (secondary N) is 1. The number of rotatable bonds is 4. The third-order valence-corrected chi connectivity index (χ3v) is 6.08. The average molecular weight is 471 g/mol. The van der Waals surface area contributed by atoms with Crippen molar-refractivity contribution in [3.8, 4) is 22.5 Å². The van der Waals surface area contributed by atoms with Gasteiger partial charge in [0.2, 0.25) is 5.95 Å². The molecule has 3 aromatic heterocycles. The molecule has 8 heteroatoms. The molecule has 1 aliphatic rings. The Labute approximate surface area is 205 Å². The van der Waals surface area contributed by atoms with Crippen LogP contribution in [0.4, 0.5) is 10.7 Å². The molecule has 2 atom stereocenters. The summed E-state index contributed by atoms with van der Waals surface area (Å²) >= 11 is 0. The number of ether oxygens (including phenoxy) is 1. The first-order chi connectivity index (χ1) is 16.8. The van der Waals surface area contributed by atoms with Crippen molar-refractivity contribution in [3.63, 3.8) is 0 Å². The maximum Gasteiger partial charge on any atom is 0.410 e. The van der Waals surface area contributed by atoms with Crippen LogP contribution in [0.3, 0.4) is 0 Å². The summed E-state index contributed by atoms with van der Waals surface area (Å²) in [7, 11) is 0. The number of nitrogens with zero attached hydrogens (tertiary/aromatic N) is 5. The van der Waals surface area contributed by atoms with Crippen LogP contribution in [0.5, 0.6) is 0 Å². The highest BCUT2D eigenvalue weighted by atomic mass is 16.6. The van der Waals surface area contributed by atoms with Crippen molar-refractivity contribution in [1.29, 1.82) is 0 Å². The van der Waals surface area contributed by atoms with Crippen LogP contribution in [0.25, 0.3) is 28.0 Å². The van der Waals surface area contributed by atoms with E-state index in [0.29, 0.717) is 19.0 Å². The van der Waals surface area contributed by atoms with Crippen LogP contribution in [0.15, 0.2) is 67.0 Å². The van der Waals surface area contributed by atoms with Gasteiger partial charge in [-0.1, -0.05) is 43.3 Å². The van der Waals surface area contributed by atoms with Gasteiger partial charge in [-0.25, -0.2) is 19.3 Å². The molecule has 0 bridgehead atoms. The zero-order valence-corrected chi connectivity index (χ0v) is 20.5. The van der Waals surface area contributed by atoms with Gasteiger partial charge in [0.05, 0.1) is 22.8 Å². The predicted molar refractivity (Wildman–Crippen MR) is 136 cm³/mol. The van der Waals surface area contributed by atoms with E-state index in [1.54, 1.807) is 11.1 Å². The van der Waals surface area contributed by atoms with E-state index in [1.165, 1.54) is 0 Å². The normalized spacial score (nSPS) is 18.1. The number of amides is 1. The first-order valence-electron chi connectivity index (χ1n) is 11.9. The van der Waals surface area contributed by atoms with E-state index in [2.05, 4.69) is 29.4 Å². The Balaban J connectivity index is 1.43. The van der Waals surface area contributed by atoms with Crippen molar-refractivity contribution in [1.82, 2.24) is 24.5 Å². The Morgan fingerprint density at radius 2 is 1.83 bits per heavy atom. The average Bonchev–Trinajstić information content (AvgIpc) is 3.39. The molecule has 1 saturated heterocycles. The molecule has 35 heavy (non-hydrogen) atoms. The van der Waals surface area contributed by atoms with Gasteiger partial charge in [-0.2, -0.15) is 5.10 Å². The van der Waals surface area contributed by atoms with Gasteiger partial charge in [0.25, 0.3) is 0 Å². The number of benzene rings is 1. The van der Waals surface area contributed by atoms with E-state index in [1.807, 2.05) is 73.9 Å². The van der Waals surface area contributed by atoms with E-state index in [4.69, 9.17) is 14.8 Å². The molecule has 8 nitrogen and oxygen atoms in total. The minimum Gasteiger partial charge on any atom is -0.444 e. The molecule has 0 saturated carbocycles. The highest BCUT2D eigenvalue weighted by Gasteiger charge is 2.35. The fourth-order valence-electron chi connectivity index (χ4n) is 4.41. The summed E-state index contributed by atoms with van der Waals surface area (Å²) in [6.07, 6.45) is 3.41. The molecule has 0 spiro atoms. The lowest BCUT2D eigenvalue weighted by molar-refractivity contribution is 0.0288. The number of pyridine rings is 1. The molecule has 1 aromatic carbocycles. The summed E-state index contributed by atoms with van der Waals surface area (Å²) < 4.78 is 7.43. The first kappa shape index (κ1) is 22.8. The lowest BCUT2D eigenvalue weighted by atomic mass is 10.0. The number of carbonyl (C=O) groups excluding carboxylic acids is 1. The molecule has 5 rings (SSSR count). The van der Waals surface area contributed by atoms with Crippen molar-refractivity contribution in [2.45, 2.75) is 39.3 Å². The van der Waals surface area contributed by atoms with Crippen molar-refractivity contribution in [2.24, 2.45) is 5.92 Å². The van der Waals surface area contributed by atoms with Gasteiger partial charge < -0.3 is 15.0 Å². The van der Waals surface area contributed by atoms with Crippen LogP contribution in [-0.2, 0) is 4.74 Å². The summed E-state index contributed by atoms with van der Waals surface area (Å²) in [5, 5.41) is 8.29. The van der Waals surface area contributed by atoms with Crippen molar-refractivity contribution in [3.05, 3.63) is 67.0 Å². The number of carbonyl (C=O) groups is 1. The summed E-state index contributed by atoms with van der Waals surface area (Å²) in [6, 6.07) is 18.1. The van der Waals surface area contributed by atoms with Gasteiger partial charge in [-0.15, -0.1) is 0 Å². The molecule has 1 amide bonds. The summed E-state index contributed by atoms with van der Waals surface area (Å²) in [4.78, 5) is 23.6. The van der Waals surface area contributed by atoms with Crippen molar-refractivity contribution < 1.29 is 9.53 Å². The Morgan fingerprint density at radius 1 is 1.06 bits per heavy atom. The second-order valence-electron chi connectivity index (χ2n) is 10.00. The Bertz CT molecular complexity index is 1340. The molecule has 0 aliphatic carbocycles. The molecule has 0 unspecified atom stereocenters. The van der Waals surface area contributed by atoms with Crippen LogP contribution in [0.2, 0.25) is 0 Å². The fraction of sp³-hybridized carbons (Fsp3) is 0.333. The third kappa shape index (κ3) is 4.82. The quantitative estimate of drug-likeness (QED) is 0.445. The first-order valence-corrected chi connectivity index (χ1v) is 11.9. The zero-order chi connectivity index (χ0) is 24.6. The molecule has 1 aliphatic heterocycles. The number of likely N-dealkylation sites (tertiary alicyclic amines) is 1. The summed E-state index contributed by atoms with van der Waals surface area (Å²) in [6.45, 7) is 8.91. The molecule has 180 valence electrons. The van der Waals surface area contributed by atoms with Crippen LogP contribution in [-0.4, -0.2) is 55.3 Å². The predicted octanol–water partition coefficient (Wildman–Crippen LogP) is 5.13. The smallest absolute Gasteiger partial charge is 0.410 e. The summed E-state index contributed by atoms with van der Waals surface area (Å²) in [5.74, 6) is 0.756. The summed E-state index contributed by atoms with van der Waals surface area (Å²) in [5.41, 5.74) is 4.09. The second kappa shape index (κ2) is 9.02. The van der Waals surface area contributed by atoms with E-state index >= 15 is 0 Å². The molecular formula is C27H30N6O2. The van der Waals surface area contributed by atoms with Gasteiger partial charge in [-0.05, 0) is 44.9 Å². The second-order valence-corrected chi connectivity index (χ2v) is 10.00. The van der Waals surface area contributed by atoms with Gasteiger partial charge in [0.15, 0.2) is 0 Å². The maximum absolute atomic E-state index is 12.5. The van der Waals surface area contributed by atoms with Crippen LogP contribution in [0.1, 0.15) is 27.7 Å². The molecule has 1 fully saturated rings.